The topological polar surface area (TPSA) is 42.5 Å². The van der Waals surface area contributed by atoms with Gasteiger partial charge in [-0.25, -0.2) is 0 Å². The summed E-state index contributed by atoms with van der Waals surface area (Å²) >= 11 is 0. The predicted molar refractivity (Wildman–Crippen MR) is 61.2 cm³/mol. The van der Waals surface area contributed by atoms with Crippen molar-refractivity contribution in [2.24, 2.45) is 5.41 Å². The van der Waals surface area contributed by atoms with Gasteiger partial charge in [0.25, 0.3) is 0 Å². The molecule has 0 bridgehead atoms. The molecule has 1 aliphatic heterocycles. The molecule has 0 aliphatic carbocycles. The molecule has 1 saturated heterocycles. The fraction of sp³-hybridized carbons (Fsp3) is 1.00. The molecule has 0 unspecified atom stereocenters. The number of rotatable bonds is 7. The van der Waals surface area contributed by atoms with Crippen molar-refractivity contribution >= 4 is 0 Å². The lowest BCUT2D eigenvalue weighted by Crippen LogP contribution is -2.46. The van der Waals surface area contributed by atoms with Crippen LogP contribution in [-0.2, 0) is 9.47 Å². The van der Waals surface area contributed by atoms with Crippen LogP contribution in [0.5, 0.6) is 0 Å². The summed E-state index contributed by atoms with van der Waals surface area (Å²) in [5.41, 5.74) is 0.327. The van der Waals surface area contributed by atoms with Gasteiger partial charge in [0.15, 0.2) is 0 Å². The van der Waals surface area contributed by atoms with E-state index in [2.05, 4.69) is 10.6 Å². The van der Waals surface area contributed by atoms with Crippen molar-refractivity contribution in [3.8, 4) is 0 Å². The van der Waals surface area contributed by atoms with Crippen LogP contribution in [0.4, 0.5) is 0 Å². The molecule has 0 atom stereocenters. The van der Waals surface area contributed by atoms with E-state index in [1.807, 2.05) is 0 Å². The van der Waals surface area contributed by atoms with Gasteiger partial charge in [-0.1, -0.05) is 0 Å². The second-order valence-corrected chi connectivity index (χ2v) is 4.35. The minimum Gasteiger partial charge on any atom is -0.384 e. The van der Waals surface area contributed by atoms with Gasteiger partial charge in [0, 0.05) is 32.7 Å². The first-order chi connectivity index (χ1) is 7.33. The third-order valence-corrected chi connectivity index (χ3v) is 3.10. The highest BCUT2D eigenvalue weighted by Gasteiger charge is 2.31. The summed E-state index contributed by atoms with van der Waals surface area (Å²) in [5.74, 6) is 0. The normalized spacial score (nSPS) is 20.4. The van der Waals surface area contributed by atoms with Crippen LogP contribution in [0.3, 0.4) is 0 Å². The van der Waals surface area contributed by atoms with Crippen molar-refractivity contribution in [2.45, 2.75) is 12.8 Å². The van der Waals surface area contributed by atoms with Crippen LogP contribution in [0, 0.1) is 5.41 Å². The maximum absolute atomic E-state index is 5.34. The lowest BCUT2D eigenvalue weighted by Gasteiger charge is -2.37. The van der Waals surface area contributed by atoms with E-state index in [1.165, 1.54) is 12.8 Å². The monoisotopic (exact) mass is 216 g/mol. The van der Waals surface area contributed by atoms with E-state index in [4.69, 9.17) is 9.47 Å². The molecule has 0 spiro atoms. The van der Waals surface area contributed by atoms with E-state index in [9.17, 15) is 0 Å². The molecule has 2 N–H and O–H groups in total. The number of methoxy groups -OCH3 is 2. The highest BCUT2D eigenvalue weighted by Crippen LogP contribution is 2.27. The SMILES string of the molecule is COCCNCC1(COC)CCNCC1. The molecule has 90 valence electrons. The van der Waals surface area contributed by atoms with Gasteiger partial charge in [0.2, 0.25) is 0 Å². The van der Waals surface area contributed by atoms with E-state index in [0.717, 1.165) is 39.4 Å². The Bertz CT molecular complexity index is 153. The van der Waals surface area contributed by atoms with Gasteiger partial charge in [-0.2, -0.15) is 0 Å². The Morgan fingerprint density at radius 3 is 2.53 bits per heavy atom. The van der Waals surface area contributed by atoms with Crippen LogP contribution in [0.15, 0.2) is 0 Å². The van der Waals surface area contributed by atoms with Crippen LogP contribution >= 0.6 is 0 Å². The van der Waals surface area contributed by atoms with E-state index >= 15 is 0 Å². The van der Waals surface area contributed by atoms with Gasteiger partial charge in [0.05, 0.1) is 13.2 Å². The number of piperidine rings is 1. The van der Waals surface area contributed by atoms with Crippen LogP contribution in [-0.4, -0.2) is 53.6 Å². The second kappa shape index (κ2) is 7.17. The molecule has 1 heterocycles. The zero-order valence-corrected chi connectivity index (χ0v) is 9.97. The summed E-state index contributed by atoms with van der Waals surface area (Å²) < 4.78 is 10.4. The Balaban J connectivity index is 2.28. The van der Waals surface area contributed by atoms with Crippen molar-refractivity contribution in [3.05, 3.63) is 0 Å². The highest BCUT2D eigenvalue weighted by atomic mass is 16.5. The van der Waals surface area contributed by atoms with Crippen molar-refractivity contribution in [3.63, 3.8) is 0 Å². The molecule has 0 amide bonds. The number of hydrogen-bond acceptors (Lipinski definition) is 4. The van der Waals surface area contributed by atoms with Gasteiger partial charge in [-0.15, -0.1) is 0 Å². The summed E-state index contributed by atoms with van der Waals surface area (Å²) in [7, 11) is 3.52. The third-order valence-electron chi connectivity index (χ3n) is 3.10. The average Bonchev–Trinajstić information content (AvgIpc) is 2.26. The Hall–Kier alpha value is -0.160. The molecule has 0 radical (unpaired) electrons. The Kier molecular flexibility index (Phi) is 6.17. The summed E-state index contributed by atoms with van der Waals surface area (Å²) in [4.78, 5) is 0. The standard InChI is InChI=1S/C11H24N2O2/c1-14-8-7-13-9-11(10-15-2)3-5-12-6-4-11/h12-13H,3-10H2,1-2H3. The summed E-state index contributed by atoms with van der Waals surface area (Å²) in [6.07, 6.45) is 2.39. The first-order valence-electron chi connectivity index (χ1n) is 5.72. The molecular weight excluding hydrogens is 192 g/mol. The quantitative estimate of drug-likeness (QED) is 0.598. The summed E-state index contributed by atoms with van der Waals surface area (Å²) in [6.45, 7) is 5.81. The van der Waals surface area contributed by atoms with E-state index in [1.54, 1.807) is 14.2 Å². The summed E-state index contributed by atoms with van der Waals surface area (Å²) in [6, 6.07) is 0. The summed E-state index contributed by atoms with van der Waals surface area (Å²) in [5, 5.41) is 6.84. The van der Waals surface area contributed by atoms with Crippen molar-refractivity contribution in [1.29, 1.82) is 0 Å². The highest BCUT2D eigenvalue weighted by molar-refractivity contribution is 4.86. The molecule has 0 aromatic heterocycles. The molecule has 0 saturated carbocycles. The molecule has 1 rings (SSSR count). The smallest absolute Gasteiger partial charge is 0.0587 e. The zero-order valence-electron chi connectivity index (χ0n) is 9.97. The first-order valence-corrected chi connectivity index (χ1v) is 5.72. The van der Waals surface area contributed by atoms with E-state index in [0.29, 0.717) is 5.41 Å². The van der Waals surface area contributed by atoms with Gasteiger partial charge in [0.1, 0.15) is 0 Å². The Morgan fingerprint density at radius 2 is 1.93 bits per heavy atom. The second-order valence-electron chi connectivity index (χ2n) is 4.35. The lowest BCUT2D eigenvalue weighted by atomic mass is 9.79. The predicted octanol–water partition coefficient (Wildman–Crippen LogP) is 0.239. The number of hydrogen-bond donors (Lipinski definition) is 2. The molecule has 4 heteroatoms. The van der Waals surface area contributed by atoms with E-state index < -0.39 is 0 Å². The minimum atomic E-state index is 0.327. The van der Waals surface area contributed by atoms with Crippen LogP contribution in [0.1, 0.15) is 12.8 Å². The first kappa shape index (κ1) is 12.9. The van der Waals surface area contributed by atoms with Crippen molar-refractivity contribution < 1.29 is 9.47 Å². The molecule has 0 aromatic rings. The molecule has 4 nitrogen and oxygen atoms in total. The molecule has 1 fully saturated rings. The number of ether oxygens (including phenoxy) is 2. The number of nitrogens with one attached hydrogen (secondary N) is 2. The van der Waals surface area contributed by atoms with Crippen molar-refractivity contribution in [1.82, 2.24) is 10.6 Å². The fourth-order valence-corrected chi connectivity index (χ4v) is 2.16. The zero-order chi connectivity index (χ0) is 11.0. The van der Waals surface area contributed by atoms with Crippen LogP contribution in [0.2, 0.25) is 0 Å². The van der Waals surface area contributed by atoms with Gasteiger partial charge < -0.3 is 20.1 Å². The fourth-order valence-electron chi connectivity index (χ4n) is 2.16. The Morgan fingerprint density at radius 1 is 1.20 bits per heavy atom. The maximum atomic E-state index is 5.34. The lowest BCUT2D eigenvalue weighted by molar-refractivity contribution is 0.0523. The van der Waals surface area contributed by atoms with Crippen LogP contribution in [0.25, 0.3) is 0 Å². The third kappa shape index (κ3) is 4.47. The minimum absolute atomic E-state index is 0.327. The molecular formula is C11H24N2O2. The van der Waals surface area contributed by atoms with Gasteiger partial charge >= 0.3 is 0 Å². The maximum Gasteiger partial charge on any atom is 0.0587 e. The molecule has 1 aliphatic rings. The molecule has 0 aromatic carbocycles. The average molecular weight is 216 g/mol. The van der Waals surface area contributed by atoms with E-state index in [-0.39, 0.29) is 0 Å². The largest absolute Gasteiger partial charge is 0.384 e. The Labute approximate surface area is 92.7 Å². The van der Waals surface area contributed by atoms with Crippen LogP contribution < -0.4 is 10.6 Å². The van der Waals surface area contributed by atoms with Gasteiger partial charge in [-0.05, 0) is 25.9 Å². The van der Waals surface area contributed by atoms with Crippen molar-refractivity contribution in [2.75, 3.05) is 53.6 Å². The van der Waals surface area contributed by atoms with Gasteiger partial charge in [-0.3, -0.25) is 0 Å². The molecule has 15 heavy (non-hydrogen) atoms.